The van der Waals surface area contributed by atoms with Gasteiger partial charge in [-0.2, -0.15) is 0 Å². The van der Waals surface area contributed by atoms with Crippen LogP contribution in [0.2, 0.25) is 0 Å². The summed E-state index contributed by atoms with van der Waals surface area (Å²) in [6, 6.07) is 0. The lowest BCUT2D eigenvalue weighted by molar-refractivity contribution is -0.145. The van der Waals surface area contributed by atoms with Crippen LogP contribution >= 0.6 is 0 Å². The fourth-order valence-electron chi connectivity index (χ4n) is 7.70. The third kappa shape index (κ3) is 42.4. The summed E-state index contributed by atoms with van der Waals surface area (Å²) in [4.78, 5) is 59.1. The summed E-state index contributed by atoms with van der Waals surface area (Å²) >= 11 is 0. The molecule has 0 aliphatic rings. The van der Waals surface area contributed by atoms with Crippen LogP contribution in [0, 0.1) is 0 Å². The Kier molecular flexibility index (Phi) is 45.5. The number of methoxy groups -OCH3 is 1. The molecule has 0 spiro atoms. The number of hydrogen-bond acceptors (Lipinski definition) is 12. The van der Waals surface area contributed by atoms with Gasteiger partial charge in [0, 0.05) is 65.4 Å². The van der Waals surface area contributed by atoms with Crippen molar-refractivity contribution in [3.63, 3.8) is 0 Å². The van der Waals surface area contributed by atoms with Gasteiger partial charge >= 0.3 is 23.9 Å². The van der Waals surface area contributed by atoms with E-state index in [2.05, 4.69) is 54.3 Å². The molecule has 0 heterocycles. The highest BCUT2D eigenvalue weighted by Gasteiger charge is 2.16. The van der Waals surface area contributed by atoms with Crippen molar-refractivity contribution in [3.05, 3.63) is 0 Å². The van der Waals surface area contributed by atoms with Crippen LogP contribution < -0.4 is 0 Å². The fraction of sp³-hybridized carbons (Fsp3) is 0.923. The van der Waals surface area contributed by atoms with Crippen molar-refractivity contribution in [2.75, 3.05) is 106 Å². The summed E-state index contributed by atoms with van der Waals surface area (Å²) < 4.78 is 21.6. The molecule has 0 radical (unpaired) electrons. The van der Waals surface area contributed by atoms with Gasteiger partial charge in [-0.05, 0) is 32.9 Å². The van der Waals surface area contributed by atoms with Gasteiger partial charge in [0.1, 0.15) is 0 Å². The molecular weight excluding hydrogens is 809 g/mol. The molecular formula is C52H102N4O8. The van der Waals surface area contributed by atoms with E-state index in [-0.39, 0.29) is 30.3 Å². The molecule has 12 nitrogen and oxygen atoms in total. The van der Waals surface area contributed by atoms with Gasteiger partial charge in [-0.25, -0.2) is 0 Å². The first-order valence-corrected chi connectivity index (χ1v) is 26.6. The van der Waals surface area contributed by atoms with Gasteiger partial charge < -0.3 is 38.5 Å². The maximum Gasteiger partial charge on any atom is 0.307 e. The number of unbranched alkanes of at least 4 members (excludes halogenated alkanes) is 21. The Morgan fingerprint density at radius 1 is 0.328 bits per heavy atom. The third-order valence-corrected chi connectivity index (χ3v) is 12.3. The minimum Gasteiger partial charge on any atom is -0.469 e. The summed E-state index contributed by atoms with van der Waals surface area (Å²) in [6.07, 6.45) is 30.1. The first-order chi connectivity index (χ1) is 31.2. The monoisotopic (exact) mass is 911 g/mol. The quantitative estimate of drug-likeness (QED) is 0.0328. The number of rotatable bonds is 49. The van der Waals surface area contributed by atoms with Gasteiger partial charge in [-0.1, -0.05) is 163 Å². The van der Waals surface area contributed by atoms with Crippen molar-refractivity contribution in [3.8, 4) is 0 Å². The van der Waals surface area contributed by atoms with Gasteiger partial charge in [-0.3, -0.25) is 19.2 Å². The Balaban J connectivity index is 4.92. The molecule has 0 aromatic carbocycles. The average molecular weight is 911 g/mol. The molecule has 0 rings (SSSR count). The summed E-state index contributed by atoms with van der Waals surface area (Å²) in [5.74, 6) is -0.779. The van der Waals surface area contributed by atoms with Crippen LogP contribution in [0.4, 0.5) is 0 Å². The summed E-state index contributed by atoms with van der Waals surface area (Å²) in [5.41, 5.74) is 0. The van der Waals surface area contributed by atoms with E-state index in [9.17, 15) is 19.2 Å². The first kappa shape index (κ1) is 61.7. The molecule has 0 aliphatic carbocycles. The van der Waals surface area contributed by atoms with Crippen molar-refractivity contribution in [1.29, 1.82) is 0 Å². The molecule has 0 bridgehead atoms. The Hall–Kier alpha value is -2.28. The highest BCUT2D eigenvalue weighted by Crippen LogP contribution is 2.11. The van der Waals surface area contributed by atoms with Crippen LogP contribution in [-0.2, 0) is 38.1 Å². The van der Waals surface area contributed by atoms with Crippen LogP contribution in [-0.4, -0.2) is 149 Å². The molecule has 0 fully saturated rings. The van der Waals surface area contributed by atoms with Crippen molar-refractivity contribution < 1.29 is 38.1 Å². The average Bonchev–Trinajstić information content (AvgIpc) is 3.29. The largest absolute Gasteiger partial charge is 0.469 e. The molecule has 64 heavy (non-hydrogen) atoms. The van der Waals surface area contributed by atoms with Crippen molar-refractivity contribution in [2.24, 2.45) is 0 Å². The van der Waals surface area contributed by atoms with Crippen molar-refractivity contribution in [1.82, 2.24) is 19.6 Å². The maximum absolute atomic E-state index is 12.7. The normalized spacial score (nSPS) is 11.6. The van der Waals surface area contributed by atoms with Gasteiger partial charge in [0.25, 0.3) is 0 Å². The van der Waals surface area contributed by atoms with E-state index in [4.69, 9.17) is 18.9 Å². The van der Waals surface area contributed by atoms with Gasteiger partial charge in [0.2, 0.25) is 0 Å². The van der Waals surface area contributed by atoms with Crippen LogP contribution in [0.5, 0.6) is 0 Å². The van der Waals surface area contributed by atoms with E-state index in [0.29, 0.717) is 65.3 Å². The molecule has 0 aliphatic heterocycles. The molecule has 0 aromatic rings. The lowest BCUT2D eigenvalue weighted by Gasteiger charge is -2.29. The zero-order chi connectivity index (χ0) is 47.1. The van der Waals surface area contributed by atoms with Crippen LogP contribution in [0.1, 0.15) is 207 Å². The minimum absolute atomic E-state index is 0.171. The molecule has 0 atom stereocenters. The standard InChI is InChI=1S/C52H102N4O8/c1-7-11-14-17-20-23-26-29-46-62-50(58)33-37-55(36-32-49(57)61-6)43-41-53(5)40-42-54(10-4)44-45-56(38-34-51(59)63-47-30-27-24-21-18-15-12-8-2)39-35-52(60)64-48-31-28-25-22-19-16-13-9-3/h7-48H2,1-6H3. The van der Waals surface area contributed by atoms with Gasteiger partial charge in [-0.15, -0.1) is 0 Å². The zero-order valence-electron chi connectivity index (χ0n) is 42.8. The van der Waals surface area contributed by atoms with E-state index in [1.807, 2.05) is 0 Å². The van der Waals surface area contributed by atoms with Crippen molar-refractivity contribution in [2.45, 2.75) is 207 Å². The number of hydrogen-bond donors (Lipinski definition) is 0. The summed E-state index contributed by atoms with van der Waals surface area (Å²) in [7, 11) is 3.51. The Morgan fingerprint density at radius 2 is 0.594 bits per heavy atom. The lowest BCUT2D eigenvalue weighted by Crippen LogP contribution is -2.42. The van der Waals surface area contributed by atoms with E-state index < -0.39 is 0 Å². The van der Waals surface area contributed by atoms with E-state index >= 15 is 0 Å². The van der Waals surface area contributed by atoms with Gasteiger partial charge in [0.15, 0.2) is 0 Å². The number of nitrogens with zero attached hydrogens (tertiary/aromatic N) is 4. The number of carbonyl (C=O) groups is 4. The minimum atomic E-state index is -0.255. The second kappa shape index (κ2) is 47.2. The predicted molar refractivity (Wildman–Crippen MR) is 264 cm³/mol. The van der Waals surface area contributed by atoms with E-state index in [1.165, 1.54) is 123 Å². The smallest absolute Gasteiger partial charge is 0.307 e. The maximum atomic E-state index is 12.7. The lowest BCUT2D eigenvalue weighted by atomic mass is 10.1. The summed E-state index contributed by atoms with van der Waals surface area (Å²) in [5, 5.41) is 0. The number of carbonyl (C=O) groups excluding carboxylic acids is 4. The molecule has 0 amide bonds. The highest BCUT2D eigenvalue weighted by molar-refractivity contribution is 5.70. The topological polar surface area (TPSA) is 118 Å². The van der Waals surface area contributed by atoms with E-state index in [0.717, 1.165) is 84.3 Å². The molecule has 0 unspecified atom stereocenters. The second-order valence-corrected chi connectivity index (χ2v) is 18.1. The third-order valence-electron chi connectivity index (χ3n) is 12.3. The molecule has 0 aromatic heterocycles. The second-order valence-electron chi connectivity index (χ2n) is 18.1. The molecule has 0 saturated heterocycles. The molecule has 0 N–H and O–H groups in total. The first-order valence-electron chi connectivity index (χ1n) is 26.6. The molecule has 0 saturated carbocycles. The SMILES string of the molecule is CCCCCCCCCCOC(=O)CCN(CCC(=O)OC)CCN(C)CCN(CC)CCN(CCC(=O)OCCCCCCCCCC)CCC(=O)OCCCCCCCCCC. The van der Waals surface area contributed by atoms with Crippen LogP contribution in [0.25, 0.3) is 0 Å². The van der Waals surface area contributed by atoms with Crippen molar-refractivity contribution >= 4 is 23.9 Å². The Morgan fingerprint density at radius 3 is 0.906 bits per heavy atom. The van der Waals surface area contributed by atoms with Gasteiger partial charge in [0.05, 0.1) is 52.6 Å². The van der Waals surface area contributed by atoms with Crippen LogP contribution in [0.15, 0.2) is 0 Å². The molecule has 12 heteroatoms. The fourth-order valence-corrected chi connectivity index (χ4v) is 7.70. The zero-order valence-corrected chi connectivity index (χ0v) is 42.8. The summed E-state index contributed by atoms with van der Waals surface area (Å²) in [6.45, 7) is 18.2. The van der Waals surface area contributed by atoms with E-state index in [1.54, 1.807) is 0 Å². The van der Waals surface area contributed by atoms with Crippen LogP contribution in [0.3, 0.4) is 0 Å². The number of likely N-dealkylation sites (N-methyl/N-ethyl adjacent to an activating group) is 2. The number of ether oxygens (including phenoxy) is 4. The Bertz CT molecular complexity index is 1040. The molecule has 378 valence electrons. The Labute approximate surface area is 393 Å². The highest BCUT2D eigenvalue weighted by atomic mass is 16.5. The predicted octanol–water partition coefficient (Wildman–Crippen LogP) is 10.6. The number of esters is 4.